The molecule has 0 spiro atoms. The van der Waals surface area contributed by atoms with Crippen molar-refractivity contribution in [2.45, 2.75) is 120 Å². The van der Waals surface area contributed by atoms with Crippen molar-refractivity contribution in [1.29, 1.82) is 0 Å². The zero-order valence-electron chi connectivity index (χ0n) is 30.7. The molecule has 0 amide bonds. The van der Waals surface area contributed by atoms with Crippen LogP contribution in [0.25, 0.3) is 11.1 Å². The molecule has 2 aliphatic rings. The third-order valence-corrected chi connectivity index (χ3v) is 18.1. The summed E-state index contributed by atoms with van der Waals surface area (Å²) in [5.41, 5.74) is 15.5. The second-order valence-corrected chi connectivity index (χ2v) is 22.9. The molecule has 0 saturated heterocycles. The van der Waals surface area contributed by atoms with Gasteiger partial charge in [-0.15, -0.1) is 0 Å². The standard InChI is InChI=1S/C21H25.C13H21.C9H10.2ClH.Zr/c1-20(2,3)16-9-7-14-11-15-8-10-17(21(4,5)6)13-19(15)18(14)12-16;1-6-10-8-11(7-2)12(9-10)13(3,4)5;1-3-9-6-4-8(2)5-7-9;;;/h7,9-10,12-13H,11H2,1-6H3;9-10H,6-7H2,1-5H3;4-7H,1-2H3;2*1H;/q;;;;;+2/p-2. The molecule has 0 heterocycles. The van der Waals surface area contributed by atoms with Crippen LogP contribution in [0.15, 0.2) is 75.1 Å². The minimum absolute atomic E-state index is 0. The van der Waals surface area contributed by atoms with Crippen molar-refractivity contribution in [3.05, 3.63) is 108 Å². The number of hydrogen-bond acceptors (Lipinski definition) is 0. The first-order chi connectivity index (χ1) is 20.5. The van der Waals surface area contributed by atoms with Crippen molar-refractivity contribution in [3.63, 3.8) is 0 Å². The largest absolute Gasteiger partial charge is 1.00 e. The Kier molecular flexibility index (Phi) is 12.0. The minimum Gasteiger partial charge on any atom is -1.00 e. The summed E-state index contributed by atoms with van der Waals surface area (Å²) >= 11 is -2.68. The monoisotopic (exact) mass is 732 g/mol. The van der Waals surface area contributed by atoms with Gasteiger partial charge >= 0.3 is 279 Å². The zero-order chi connectivity index (χ0) is 32.4. The topological polar surface area (TPSA) is 0 Å². The van der Waals surface area contributed by atoms with Crippen molar-refractivity contribution < 1.29 is 46.1 Å². The SMILES string of the molecule is CCC1=[C](/[Zr+2](=[C](\C)c2ccc(C)cc2)[c]2cc(C(C)(C)C)cc3c2Cc2ccc(C(C)(C)C)cc2-3)C(CC)C=C1C(C)(C)C.[Cl-].[Cl-]. The molecular weight excluding hydrogens is 679 g/mol. The first-order valence-electron chi connectivity index (χ1n) is 17.0. The summed E-state index contributed by atoms with van der Waals surface area (Å²) in [6.07, 6.45) is 6.05. The Morgan fingerprint density at radius 3 is 1.85 bits per heavy atom. The van der Waals surface area contributed by atoms with E-state index in [1.807, 2.05) is 3.28 Å². The molecule has 1 atom stereocenters. The minimum atomic E-state index is -2.68. The van der Waals surface area contributed by atoms with E-state index in [2.05, 4.69) is 151 Å². The number of fused-ring (bicyclic) bond motifs is 3. The Bertz CT molecular complexity index is 1690. The van der Waals surface area contributed by atoms with E-state index < -0.39 is 21.3 Å². The van der Waals surface area contributed by atoms with Crippen LogP contribution in [-0.2, 0) is 38.5 Å². The molecule has 3 aromatic carbocycles. The number of aryl methyl sites for hydroxylation is 1. The smallest absolute Gasteiger partial charge is 1.00 e. The summed E-state index contributed by atoms with van der Waals surface area (Å²) in [4.78, 5) is 0. The predicted molar refractivity (Wildman–Crippen MR) is 191 cm³/mol. The molecule has 5 rings (SSSR count). The van der Waals surface area contributed by atoms with Gasteiger partial charge in [-0.1, -0.05) is 0 Å². The molecular formula is C43H56Cl2Zr. The summed E-state index contributed by atoms with van der Waals surface area (Å²) in [5.74, 6) is 0.541. The van der Waals surface area contributed by atoms with Gasteiger partial charge in [0.1, 0.15) is 0 Å². The van der Waals surface area contributed by atoms with E-state index in [0.29, 0.717) is 5.92 Å². The normalized spacial score (nSPS) is 16.3. The van der Waals surface area contributed by atoms with E-state index in [1.54, 1.807) is 23.2 Å². The number of rotatable bonds is 5. The van der Waals surface area contributed by atoms with Gasteiger partial charge in [0.15, 0.2) is 0 Å². The average Bonchev–Trinajstić information content (AvgIpc) is 3.50. The number of allylic oxidation sites excluding steroid dienone is 4. The Balaban J connectivity index is 0.00000288. The Hall–Kier alpha value is -1.53. The van der Waals surface area contributed by atoms with Gasteiger partial charge in [0, 0.05) is 0 Å². The van der Waals surface area contributed by atoms with Gasteiger partial charge in [-0.3, -0.25) is 0 Å². The van der Waals surface area contributed by atoms with E-state index in [1.165, 1.54) is 45.4 Å². The quantitative estimate of drug-likeness (QED) is 0.261. The molecule has 0 aliphatic heterocycles. The number of benzene rings is 3. The molecule has 0 fully saturated rings. The van der Waals surface area contributed by atoms with Gasteiger partial charge in [0.25, 0.3) is 0 Å². The molecule has 2 aliphatic carbocycles. The van der Waals surface area contributed by atoms with Crippen molar-refractivity contribution >= 4 is 6.48 Å². The summed E-state index contributed by atoms with van der Waals surface area (Å²) in [6.45, 7) is 31.1. The van der Waals surface area contributed by atoms with Gasteiger partial charge in [-0.2, -0.15) is 0 Å². The van der Waals surface area contributed by atoms with Gasteiger partial charge in [0.05, 0.1) is 0 Å². The second-order valence-electron chi connectivity index (χ2n) is 16.6. The summed E-state index contributed by atoms with van der Waals surface area (Å²) < 4.78 is 5.25. The fourth-order valence-corrected chi connectivity index (χ4v) is 16.4. The molecule has 1 unspecified atom stereocenters. The molecule has 0 aromatic heterocycles. The van der Waals surface area contributed by atoms with Crippen LogP contribution in [0.4, 0.5) is 0 Å². The predicted octanol–water partition coefficient (Wildman–Crippen LogP) is 5.33. The van der Waals surface area contributed by atoms with E-state index in [0.717, 1.165) is 12.8 Å². The third-order valence-electron chi connectivity index (χ3n) is 10.1. The van der Waals surface area contributed by atoms with Crippen LogP contribution in [0.5, 0.6) is 0 Å². The molecule has 0 bridgehead atoms. The zero-order valence-corrected chi connectivity index (χ0v) is 34.7. The van der Waals surface area contributed by atoms with Gasteiger partial charge in [-0.25, -0.2) is 0 Å². The van der Waals surface area contributed by atoms with Crippen LogP contribution >= 0.6 is 0 Å². The van der Waals surface area contributed by atoms with Crippen LogP contribution in [-0.4, -0.2) is 3.21 Å². The van der Waals surface area contributed by atoms with Crippen LogP contribution in [0.3, 0.4) is 0 Å². The van der Waals surface area contributed by atoms with Crippen molar-refractivity contribution in [3.8, 4) is 11.1 Å². The van der Waals surface area contributed by atoms with E-state index >= 15 is 0 Å². The number of halogens is 2. The van der Waals surface area contributed by atoms with Crippen LogP contribution in [0.2, 0.25) is 0 Å². The van der Waals surface area contributed by atoms with Gasteiger partial charge in [-0.05, 0) is 0 Å². The fourth-order valence-electron chi connectivity index (χ4n) is 7.39. The van der Waals surface area contributed by atoms with Crippen LogP contribution in [0.1, 0.15) is 129 Å². The molecule has 0 nitrogen and oxygen atoms in total. The van der Waals surface area contributed by atoms with Crippen molar-refractivity contribution in [2.24, 2.45) is 11.3 Å². The van der Waals surface area contributed by atoms with Crippen LogP contribution in [0, 0.1) is 18.3 Å². The van der Waals surface area contributed by atoms with E-state index in [4.69, 9.17) is 0 Å². The molecule has 0 saturated carbocycles. The maximum absolute atomic E-state index is 2.70. The Morgan fingerprint density at radius 2 is 1.33 bits per heavy atom. The fraction of sp³-hybridized carbons (Fsp3) is 0.465. The molecule has 0 N–H and O–H groups in total. The Labute approximate surface area is 301 Å². The van der Waals surface area contributed by atoms with Gasteiger partial charge in [0.2, 0.25) is 0 Å². The van der Waals surface area contributed by atoms with E-state index in [-0.39, 0.29) is 41.1 Å². The molecule has 0 radical (unpaired) electrons. The second kappa shape index (κ2) is 14.1. The molecule has 246 valence electrons. The molecule has 3 aromatic rings. The summed E-state index contributed by atoms with van der Waals surface area (Å²) in [6, 6.07) is 22.1. The summed E-state index contributed by atoms with van der Waals surface area (Å²) in [5, 5.41) is 0. The summed E-state index contributed by atoms with van der Waals surface area (Å²) in [7, 11) is 0. The van der Waals surface area contributed by atoms with Crippen molar-refractivity contribution in [2.75, 3.05) is 0 Å². The molecule has 46 heavy (non-hydrogen) atoms. The number of hydrogen-bond donors (Lipinski definition) is 0. The van der Waals surface area contributed by atoms with Crippen molar-refractivity contribution in [1.82, 2.24) is 0 Å². The van der Waals surface area contributed by atoms with E-state index in [9.17, 15) is 0 Å². The average molecular weight is 735 g/mol. The maximum atomic E-state index is 2.70. The first-order valence-corrected chi connectivity index (χ1v) is 20.7. The third kappa shape index (κ3) is 7.38. The molecule has 3 heteroatoms. The first kappa shape index (κ1) is 38.9. The van der Waals surface area contributed by atoms with Crippen LogP contribution < -0.4 is 28.1 Å². The maximum Gasteiger partial charge on any atom is -1.00 e. The van der Waals surface area contributed by atoms with Gasteiger partial charge < -0.3 is 24.8 Å². The Morgan fingerprint density at radius 1 is 0.739 bits per heavy atom.